The van der Waals surface area contributed by atoms with Crippen molar-refractivity contribution < 1.29 is 9.18 Å². The van der Waals surface area contributed by atoms with Crippen LogP contribution >= 0.6 is 12.4 Å². The first kappa shape index (κ1) is 16.9. The van der Waals surface area contributed by atoms with Crippen LogP contribution in [0.2, 0.25) is 0 Å². The zero-order valence-corrected chi connectivity index (χ0v) is 12.4. The molecule has 0 radical (unpaired) electrons. The summed E-state index contributed by atoms with van der Waals surface area (Å²) in [6.45, 7) is 2.34. The summed E-state index contributed by atoms with van der Waals surface area (Å²) >= 11 is 0. The van der Waals surface area contributed by atoms with Crippen LogP contribution in [0.4, 0.5) is 4.39 Å². The molecule has 2 rings (SSSR count). The molecule has 1 atom stereocenters. The average molecular weight is 301 g/mol. The van der Waals surface area contributed by atoms with Crippen LogP contribution in [-0.2, 0) is 11.2 Å². The standard InChI is InChI=1S/C15H21FN2O.ClH/c16-14-5-3-12(4-6-14)10-15(19)18-9-1-2-13(11-18)7-8-17;/h3-6,13H,1-2,7-11,17H2;1H. The van der Waals surface area contributed by atoms with Crippen molar-refractivity contribution in [3.8, 4) is 0 Å². The minimum atomic E-state index is -0.266. The molecule has 0 spiro atoms. The van der Waals surface area contributed by atoms with E-state index < -0.39 is 0 Å². The van der Waals surface area contributed by atoms with E-state index in [2.05, 4.69) is 0 Å². The van der Waals surface area contributed by atoms with Crippen molar-refractivity contribution in [3.63, 3.8) is 0 Å². The van der Waals surface area contributed by atoms with E-state index in [1.807, 2.05) is 4.90 Å². The number of rotatable bonds is 4. The zero-order valence-electron chi connectivity index (χ0n) is 11.6. The Hall–Kier alpha value is -1.13. The summed E-state index contributed by atoms with van der Waals surface area (Å²) in [5.41, 5.74) is 6.45. The lowest BCUT2D eigenvalue weighted by Gasteiger charge is -2.32. The number of nitrogens with two attached hydrogens (primary N) is 1. The van der Waals surface area contributed by atoms with Gasteiger partial charge in [0, 0.05) is 13.1 Å². The Bertz CT molecular complexity index is 422. The largest absolute Gasteiger partial charge is 0.342 e. The first-order chi connectivity index (χ1) is 9.19. The van der Waals surface area contributed by atoms with E-state index in [0.29, 0.717) is 18.9 Å². The van der Waals surface area contributed by atoms with E-state index in [4.69, 9.17) is 5.73 Å². The molecule has 1 aromatic carbocycles. The predicted molar refractivity (Wildman–Crippen MR) is 80.3 cm³/mol. The number of hydrogen-bond donors (Lipinski definition) is 1. The third-order valence-electron chi connectivity index (χ3n) is 3.72. The van der Waals surface area contributed by atoms with Gasteiger partial charge in [-0.25, -0.2) is 4.39 Å². The number of halogens is 2. The highest BCUT2D eigenvalue weighted by molar-refractivity contribution is 5.85. The molecule has 3 nitrogen and oxygen atoms in total. The molecule has 112 valence electrons. The Morgan fingerprint density at radius 3 is 2.70 bits per heavy atom. The molecule has 5 heteroatoms. The molecule has 2 N–H and O–H groups in total. The topological polar surface area (TPSA) is 46.3 Å². The minimum absolute atomic E-state index is 0. The number of likely N-dealkylation sites (tertiary alicyclic amines) is 1. The van der Waals surface area contributed by atoms with E-state index in [9.17, 15) is 9.18 Å². The Morgan fingerprint density at radius 1 is 1.35 bits per heavy atom. The Balaban J connectivity index is 0.00000200. The van der Waals surface area contributed by atoms with E-state index in [1.54, 1.807) is 12.1 Å². The summed E-state index contributed by atoms with van der Waals surface area (Å²) in [4.78, 5) is 14.1. The molecule has 20 heavy (non-hydrogen) atoms. The molecule has 0 bridgehead atoms. The van der Waals surface area contributed by atoms with Gasteiger partial charge in [0.1, 0.15) is 5.82 Å². The number of carbonyl (C=O) groups excluding carboxylic acids is 1. The van der Waals surface area contributed by atoms with Gasteiger partial charge in [0.15, 0.2) is 0 Å². The van der Waals surface area contributed by atoms with Gasteiger partial charge in [-0.2, -0.15) is 0 Å². The lowest BCUT2D eigenvalue weighted by molar-refractivity contribution is -0.132. The molecule has 1 aromatic rings. The highest BCUT2D eigenvalue weighted by Gasteiger charge is 2.22. The van der Waals surface area contributed by atoms with Crippen LogP contribution in [0.15, 0.2) is 24.3 Å². The summed E-state index contributed by atoms with van der Waals surface area (Å²) in [5.74, 6) is 0.404. The van der Waals surface area contributed by atoms with Crippen molar-refractivity contribution in [2.45, 2.75) is 25.7 Å². The van der Waals surface area contributed by atoms with Gasteiger partial charge in [-0.1, -0.05) is 12.1 Å². The van der Waals surface area contributed by atoms with Crippen LogP contribution in [-0.4, -0.2) is 30.4 Å². The fraction of sp³-hybridized carbons (Fsp3) is 0.533. The van der Waals surface area contributed by atoms with Crippen LogP contribution in [0.25, 0.3) is 0 Å². The fourth-order valence-corrected chi connectivity index (χ4v) is 2.65. The quantitative estimate of drug-likeness (QED) is 0.928. The summed E-state index contributed by atoms with van der Waals surface area (Å²) in [7, 11) is 0. The first-order valence-electron chi connectivity index (χ1n) is 6.91. The summed E-state index contributed by atoms with van der Waals surface area (Å²) in [6.07, 6.45) is 3.56. The van der Waals surface area contributed by atoms with Crippen LogP contribution in [0, 0.1) is 11.7 Å². The Labute approximate surface area is 125 Å². The van der Waals surface area contributed by atoms with Gasteiger partial charge >= 0.3 is 0 Å². The number of benzene rings is 1. The fourth-order valence-electron chi connectivity index (χ4n) is 2.65. The Morgan fingerprint density at radius 2 is 2.05 bits per heavy atom. The maximum absolute atomic E-state index is 12.8. The van der Waals surface area contributed by atoms with Gasteiger partial charge in [-0.3, -0.25) is 4.79 Å². The zero-order chi connectivity index (χ0) is 13.7. The molecule has 1 unspecified atom stereocenters. The van der Waals surface area contributed by atoms with E-state index >= 15 is 0 Å². The lowest BCUT2D eigenvalue weighted by Crippen LogP contribution is -2.41. The van der Waals surface area contributed by atoms with Crippen LogP contribution in [0.5, 0.6) is 0 Å². The summed E-state index contributed by atoms with van der Waals surface area (Å²) in [6, 6.07) is 6.15. The predicted octanol–water partition coefficient (Wildman–Crippen LogP) is 2.38. The maximum atomic E-state index is 12.8. The maximum Gasteiger partial charge on any atom is 0.226 e. The normalized spacial score (nSPS) is 18.5. The van der Waals surface area contributed by atoms with Gasteiger partial charge in [-0.05, 0) is 49.4 Å². The molecule has 0 saturated carbocycles. The van der Waals surface area contributed by atoms with Gasteiger partial charge in [0.2, 0.25) is 5.91 Å². The number of carbonyl (C=O) groups is 1. The van der Waals surface area contributed by atoms with Crippen molar-refractivity contribution in [1.29, 1.82) is 0 Å². The van der Waals surface area contributed by atoms with Gasteiger partial charge < -0.3 is 10.6 Å². The highest BCUT2D eigenvalue weighted by atomic mass is 35.5. The molecule has 1 saturated heterocycles. The van der Waals surface area contributed by atoms with E-state index in [1.165, 1.54) is 12.1 Å². The number of nitrogens with zero attached hydrogens (tertiary/aromatic N) is 1. The second-order valence-electron chi connectivity index (χ2n) is 5.23. The van der Waals surface area contributed by atoms with Gasteiger partial charge in [-0.15, -0.1) is 12.4 Å². The highest BCUT2D eigenvalue weighted by Crippen LogP contribution is 2.19. The third-order valence-corrected chi connectivity index (χ3v) is 3.72. The molecular formula is C15H22ClFN2O. The molecular weight excluding hydrogens is 279 g/mol. The van der Waals surface area contributed by atoms with Crippen molar-refractivity contribution in [2.75, 3.05) is 19.6 Å². The second-order valence-corrected chi connectivity index (χ2v) is 5.23. The van der Waals surface area contributed by atoms with Gasteiger partial charge in [0.05, 0.1) is 6.42 Å². The van der Waals surface area contributed by atoms with Crippen molar-refractivity contribution in [1.82, 2.24) is 4.90 Å². The molecule has 1 aliphatic heterocycles. The van der Waals surface area contributed by atoms with Crippen molar-refractivity contribution in [2.24, 2.45) is 11.7 Å². The molecule has 1 heterocycles. The third kappa shape index (κ3) is 4.76. The molecule has 0 aliphatic carbocycles. The number of hydrogen-bond acceptors (Lipinski definition) is 2. The van der Waals surface area contributed by atoms with Crippen LogP contribution in [0.3, 0.4) is 0 Å². The molecule has 1 aliphatic rings. The summed E-state index contributed by atoms with van der Waals surface area (Å²) < 4.78 is 12.8. The number of amides is 1. The minimum Gasteiger partial charge on any atom is -0.342 e. The summed E-state index contributed by atoms with van der Waals surface area (Å²) in [5, 5.41) is 0. The SMILES string of the molecule is Cl.NCCC1CCCN(C(=O)Cc2ccc(F)cc2)C1. The number of piperidine rings is 1. The van der Waals surface area contributed by atoms with E-state index in [-0.39, 0.29) is 24.1 Å². The average Bonchev–Trinajstić information content (AvgIpc) is 2.42. The van der Waals surface area contributed by atoms with Crippen LogP contribution in [0.1, 0.15) is 24.8 Å². The monoisotopic (exact) mass is 300 g/mol. The van der Waals surface area contributed by atoms with Gasteiger partial charge in [0.25, 0.3) is 0 Å². The lowest BCUT2D eigenvalue weighted by atomic mass is 9.94. The smallest absolute Gasteiger partial charge is 0.226 e. The molecule has 0 aromatic heterocycles. The second kappa shape index (κ2) is 8.22. The first-order valence-corrected chi connectivity index (χ1v) is 6.91. The molecule has 1 fully saturated rings. The Kier molecular flexibility index (Phi) is 6.96. The van der Waals surface area contributed by atoms with Crippen LogP contribution < -0.4 is 5.73 Å². The van der Waals surface area contributed by atoms with Crippen molar-refractivity contribution >= 4 is 18.3 Å². The van der Waals surface area contributed by atoms with E-state index in [0.717, 1.165) is 37.9 Å². The van der Waals surface area contributed by atoms with Crippen molar-refractivity contribution in [3.05, 3.63) is 35.6 Å². The molecule has 1 amide bonds.